The molecule has 2 aliphatic heterocycles. The van der Waals surface area contributed by atoms with E-state index in [0.29, 0.717) is 30.0 Å². The summed E-state index contributed by atoms with van der Waals surface area (Å²) in [6, 6.07) is 2.40. The lowest BCUT2D eigenvalue weighted by molar-refractivity contribution is -0.132. The van der Waals surface area contributed by atoms with E-state index in [9.17, 15) is 14.0 Å². The number of hydrogen-bond donors (Lipinski definition) is 4. The zero-order chi connectivity index (χ0) is 22.6. The number of nitrogens with zero attached hydrogens (tertiary/aromatic N) is 1. The van der Waals surface area contributed by atoms with Crippen molar-refractivity contribution in [2.75, 3.05) is 18.5 Å². The van der Waals surface area contributed by atoms with Crippen LogP contribution in [0.25, 0.3) is 0 Å². The lowest BCUT2D eigenvalue weighted by Gasteiger charge is -2.36. The molecule has 1 fully saturated rings. The van der Waals surface area contributed by atoms with Crippen LogP contribution < -0.4 is 21.1 Å². The summed E-state index contributed by atoms with van der Waals surface area (Å²) in [5, 5.41) is 13.7. The Kier molecular flexibility index (Phi) is 4.94. The molecule has 1 aliphatic carbocycles. The van der Waals surface area contributed by atoms with E-state index in [1.165, 1.54) is 11.0 Å². The molecule has 0 unspecified atom stereocenters. The fourth-order valence-electron chi connectivity index (χ4n) is 4.29. The predicted molar refractivity (Wildman–Crippen MR) is 114 cm³/mol. The number of amides is 3. The largest absolute Gasteiger partial charge is 0.491 e. The van der Waals surface area contributed by atoms with Crippen molar-refractivity contribution >= 4 is 23.5 Å². The average molecular weight is 429 g/mol. The summed E-state index contributed by atoms with van der Waals surface area (Å²) in [6.07, 6.45) is 3.22. The molecule has 9 heteroatoms. The molecule has 0 atom stereocenters. The van der Waals surface area contributed by atoms with E-state index in [4.69, 9.17) is 15.9 Å². The molecule has 0 radical (unpaired) electrons. The highest BCUT2D eigenvalue weighted by Crippen LogP contribution is 2.41. The van der Waals surface area contributed by atoms with Gasteiger partial charge in [-0.05, 0) is 38.3 Å². The number of rotatable bonds is 3. The normalized spacial score (nSPS) is 20.6. The van der Waals surface area contributed by atoms with Crippen molar-refractivity contribution in [3.05, 3.63) is 34.8 Å². The van der Waals surface area contributed by atoms with Crippen LogP contribution in [0.1, 0.15) is 45.6 Å². The molecule has 31 heavy (non-hydrogen) atoms. The first-order valence-electron chi connectivity index (χ1n) is 10.5. The van der Waals surface area contributed by atoms with Gasteiger partial charge in [0.2, 0.25) is 5.91 Å². The second kappa shape index (κ2) is 7.25. The van der Waals surface area contributed by atoms with Crippen LogP contribution >= 0.6 is 0 Å². The Morgan fingerprint density at radius 3 is 2.61 bits per heavy atom. The molecule has 0 aromatic heterocycles. The van der Waals surface area contributed by atoms with Crippen LogP contribution in [0.2, 0.25) is 0 Å². The highest BCUT2D eigenvalue weighted by molar-refractivity contribution is 6.09. The summed E-state index contributed by atoms with van der Waals surface area (Å²) < 4.78 is 19.9. The molecule has 5 N–H and O–H groups in total. The fraction of sp³-hybridized carbons (Fsp3) is 0.500. The maximum absolute atomic E-state index is 14.4. The van der Waals surface area contributed by atoms with Crippen molar-refractivity contribution < 1.29 is 18.7 Å². The van der Waals surface area contributed by atoms with Crippen LogP contribution in [0.3, 0.4) is 0 Å². The van der Waals surface area contributed by atoms with Gasteiger partial charge < -0.3 is 26.0 Å². The summed E-state index contributed by atoms with van der Waals surface area (Å²) in [7, 11) is 0. The van der Waals surface area contributed by atoms with Gasteiger partial charge in [-0.1, -0.05) is 19.4 Å². The summed E-state index contributed by atoms with van der Waals surface area (Å²) in [5.74, 6) is -0.542. The number of urea groups is 1. The Balaban J connectivity index is 1.51. The van der Waals surface area contributed by atoms with Crippen LogP contribution in [-0.4, -0.2) is 41.4 Å². The van der Waals surface area contributed by atoms with E-state index in [1.807, 2.05) is 6.92 Å². The molecule has 0 saturated heterocycles. The van der Waals surface area contributed by atoms with Gasteiger partial charge in [-0.2, -0.15) is 0 Å². The molecule has 0 spiro atoms. The number of fused-ring (bicyclic) bond motifs is 1. The predicted octanol–water partition coefficient (Wildman–Crippen LogP) is 2.88. The third-order valence-electron chi connectivity index (χ3n) is 6.80. The Morgan fingerprint density at radius 2 is 1.97 bits per heavy atom. The number of carbonyl (C=O) groups excluding carboxylic acids is 2. The molecule has 0 bridgehead atoms. The van der Waals surface area contributed by atoms with E-state index in [2.05, 4.69) is 10.6 Å². The van der Waals surface area contributed by atoms with Crippen LogP contribution in [0, 0.1) is 16.6 Å². The van der Waals surface area contributed by atoms with Crippen molar-refractivity contribution in [1.29, 1.82) is 5.41 Å². The number of nitrogens with one attached hydrogen (secondary N) is 3. The number of anilines is 1. The lowest BCUT2D eigenvalue weighted by Crippen LogP contribution is -2.48. The smallest absolute Gasteiger partial charge is 0.323 e. The molecule has 166 valence electrons. The van der Waals surface area contributed by atoms with Crippen molar-refractivity contribution in [3.63, 3.8) is 0 Å². The first-order chi connectivity index (χ1) is 14.5. The van der Waals surface area contributed by atoms with Gasteiger partial charge in [0.1, 0.15) is 17.3 Å². The molecule has 2 heterocycles. The first kappa shape index (κ1) is 21.1. The molecule has 1 saturated carbocycles. The van der Waals surface area contributed by atoms with E-state index >= 15 is 0 Å². The van der Waals surface area contributed by atoms with Gasteiger partial charge in [0.25, 0.3) is 0 Å². The molecule has 8 nitrogen and oxygen atoms in total. The third kappa shape index (κ3) is 3.41. The number of benzene rings is 1. The first-order valence-corrected chi connectivity index (χ1v) is 10.5. The standard InChI is InChI=1S/C22H28FN5O3/c1-21(2)17(24)13(18(25)27-19(29)22(3)8-4-9-22)11-28(21)20(30)26-15-14(23)6-5-12-7-10-31-16(12)15/h5-6H,4,7-11,24H2,1-3H3,(H,26,30)(H2,25,27,29). The molecule has 3 aliphatic rings. The molecule has 3 amide bonds. The summed E-state index contributed by atoms with van der Waals surface area (Å²) >= 11 is 0. The van der Waals surface area contributed by atoms with Crippen LogP contribution in [-0.2, 0) is 11.2 Å². The Labute approximate surface area is 180 Å². The highest BCUT2D eigenvalue weighted by Gasteiger charge is 2.44. The van der Waals surface area contributed by atoms with E-state index < -0.39 is 22.8 Å². The average Bonchev–Trinajstić information content (AvgIpc) is 3.25. The third-order valence-corrected chi connectivity index (χ3v) is 6.80. The fourth-order valence-corrected chi connectivity index (χ4v) is 4.29. The maximum atomic E-state index is 14.4. The quantitative estimate of drug-likeness (QED) is 0.436. The number of hydrogen-bond acceptors (Lipinski definition) is 5. The van der Waals surface area contributed by atoms with E-state index in [1.54, 1.807) is 19.9 Å². The van der Waals surface area contributed by atoms with Gasteiger partial charge in [-0.15, -0.1) is 0 Å². The number of ether oxygens (including phenoxy) is 1. The minimum atomic E-state index is -0.925. The van der Waals surface area contributed by atoms with Crippen LogP contribution in [0.15, 0.2) is 23.4 Å². The summed E-state index contributed by atoms with van der Waals surface area (Å²) in [6.45, 7) is 5.84. The van der Waals surface area contributed by atoms with Crippen molar-refractivity contribution in [1.82, 2.24) is 10.2 Å². The molecular weight excluding hydrogens is 401 g/mol. The Bertz CT molecular complexity index is 1010. The van der Waals surface area contributed by atoms with Gasteiger partial charge in [0.05, 0.1) is 18.7 Å². The monoisotopic (exact) mass is 429 g/mol. The Hall–Kier alpha value is -3.10. The molecule has 4 rings (SSSR count). The van der Waals surface area contributed by atoms with Crippen molar-refractivity contribution in [2.45, 2.75) is 52.0 Å². The minimum absolute atomic E-state index is 0.00380. The number of carbonyl (C=O) groups is 2. The zero-order valence-corrected chi connectivity index (χ0v) is 18.0. The second-order valence-corrected chi connectivity index (χ2v) is 9.22. The Morgan fingerprint density at radius 1 is 1.26 bits per heavy atom. The minimum Gasteiger partial charge on any atom is -0.491 e. The number of nitrogens with two attached hydrogens (primary N) is 1. The lowest BCUT2D eigenvalue weighted by atomic mass is 9.70. The molecule has 1 aromatic carbocycles. The highest BCUT2D eigenvalue weighted by atomic mass is 19.1. The second-order valence-electron chi connectivity index (χ2n) is 9.22. The van der Waals surface area contributed by atoms with Gasteiger partial charge in [0, 0.05) is 23.1 Å². The van der Waals surface area contributed by atoms with Crippen LogP contribution in [0.5, 0.6) is 5.75 Å². The maximum Gasteiger partial charge on any atom is 0.323 e. The summed E-state index contributed by atoms with van der Waals surface area (Å²) in [5.41, 5.74) is 6.46. The molecule has 1 aromatic rings. The van der Waals surface area contributed by atoms with Gasteiger partial charge >= 0.3 is 6.03 Å². The van der Waals surface area contributed by atoms with E-state index in [0.717, 1.165) is 24.8 Å². The number of amidine groups is 1. The van der Waals surface area contributed by atoms with Gasteiger partial charge in [-0.25, -0.2) is 9.18 Å². The SMILES string of the molecule is CC1(C(=O)NC(=N)C2=C(N)C(C)(C)N(C(=O)Nc3c(F)ccc4c3OCC4)C2)CCC1. The van der Waals surface area contributed by atoms with Crippen molar-refractivity contribution in [2.24, 2.45) is 11.1 Å². The van der Waals surface area contributed by atoms with Gasteiger partial charge in [-0.3, -0.25) is 10.2 Å². The van der Waals surface area contributed by atoms with E-state index in [-0.39, 0.29) is 24.0 Å². The summed E-state index contributed by atoms with van der Waals surface area (Å²) in [4.78, 5) is 27.0. The topological polar surface area (TPSA) is 121 Å². The zero-order valence-electron chi connectivity index (χ0n) is 18.0. The molecular formula is C22H28FN5O3. The van der Waals surface area contributed by atoms with Crippen LogP contribution in [0.4, 0.5) is 14.9 Å². The van der Waals surface area contributed by atoms with Crippen molar-refractivity contribution in [3.8, 4) is 5.75 Å². The van der Waals surface area contributed by atoms with Gasteiger partial charge in [0.15, 0.2) is 5.82 Å². The number of halogens is 1.